The fourth-order valence-electron chi connectivity index (χ4n) is 13.1. The van der Waals surface area contributed by atoms with Crippen LogP contribution in [0.3, 0.4) is 0 Å². The molecule has 0 heterocycles. The fraction of sp³-hybridized carbons (Fsp3) is 0.739. The molecule has 14 nitrogen and oxygen atoms in total. The molecule has 2 aromatic rings. The molecule has 0 radical (unpaired) electrons. The molecule has 0 amide bonds. The molecule has 2 rings (SSSR count). The van der Waals surface area contributed by atoms with E-state index in [-0.39, 0.29) is 86.4 Å². The van der Waals surface area contributed by atoms with Gasteiger partial charge in [0.1, 0.15) is 20.2 Å². The van der Waals surface area contributed by atoms with Crippen LogP contribution in [0.5, 0.6) is 0 Å². The topological polar surface area (TPSA) is 220 Å². The minimum atomic E-state index is -4.82. The van der Waals surface area contributed by atoms with Crippen molar-refractivity contribution in [2.24, 2.45) is 0 Å². The zero-order chi connectivity index (χ0) is 78.8. The Balaban J connectivity index is 0.00000212. The second-order valence-corrected chi connectivity index (χ2v) is 32.8. The monoisotopic (exact) mass is 1590 g/mol. The van der Waals surface area contributed by atoms with Crippen LogP contribution in [0.4, 0.5) is 0 Å². The summed E-state index contributed by atoms with van der Waals surface area (Å²) in [7, 11) is -9.64. The average molecular weight is 1590 g/mol. The first-order chi connectivity index (χ1) is 52.6. The van der Waals surface area contributed by atoms with Gasteiger partial charge < -0.3 is 28.1 Å². The van der Waals surface area contributed by atoms with E-state index in [1.807, 2.05) is 0 Å². The van der Waals surface area contributed by atoms with Crippen LogP contribution in [0.25, 0.3) is 0 Å². The van der Waals surface area contributed by atoms with Crippen LogP contribution in [-0.4, -0.2) is 114 Å². The number of benzene rings is 2. The molecule has 0 fully saturated rings. The molecule has 0 saturated heterocycles. The van der Waals surface area contributed by atoms with Crippen LogP contribution in [0, 0.1) is 0 Å². The summed E-state index contributed by atoms with van der Waals surface area (Å²) < 4.78 is 91.5. The van der Waals surface area contributed by atoms with Crippen LogP contribution in [0.1, 0.15) is 454 Å². The summed E-state index contributed by atoms with van der Waals surface area (Å²) in [6.45, 7) is 9.71. The van der Waals surface area contributed by atoms with E-state index in [0.29, 0.717) is 25.7 Å². The van der Waals surface area contributed by atoms with E-state index in [9.17, 15) is 45.1 Å². The summed E-state index contributed by atoms with van der Waals surface area (Å²) in [5.74, 6) is -3.13. The minimum Gasteiger partial charge on any atom is -0.744 e. The van der Waals surface area contributed by atoms with Crippen molar-refractivity contribution >= 4 is 81.9 Å². The van der Waals surface area contributed by atoms with Gasteiger partial charge in [0.25, 0.3) is 0 Å². The molecule has 0 aliphatic heterocycles. The van der Waals surface area contributed by atoms with E-state index in [1.165, 1.54) is 231 Å². The summed E-state index contributed by atoms with van der Waals surface area (Å²) in [6.07, 6.45) is 90.1. The van der Waals surface area contributed by atoms with Crippen molar-refractivity contribution in [1.82, 2.24) is 0 Å². The third kappa shape index (κ3) is 64.3. The van der Waals surface area contributed by atoms with Gasteiger partial charge in [-0.25, -0.2) is 36.0 Å². The molecule has 620 valence electrons. The second kappa shape index (κ2) is 77.0. The van der Waals surface area contributed by atoms with Crippen LogP contribution < -0.4 is 0 Å². The Hall–Kier alpha value is -3.64. The van der Waals surface area contributed by atoms with Gasteiger partial charge in [0.05, 0.1) is 58.5 Å². The number of ether oxygens (including phenoxy) is 4. The molecular weight excluding hydrogens is 1430 g/mol. The fourth-order valence-corrected chi connectivity index (χ4v) is 14.1. The predicted molar refractivity (Wildman–Crippen MR) is 452 cm³/mol. The van der Waals surface area contributed by atoms with Crippen molar-refractivity contribution in [2.75, 3.05) is 26.4 Å². The number of esters is 4. The van der Waals surface area contributed by atoms with Gasteiger partial charge >= 0.3 is 61.6 Å². The van der Waals surface area contributed by atoms with E-state index >= 15 is 0 Å². The maximum absolute atomic E-state index is 12.9. The van der Waals surface area contributed by atoms with Gasteiger partial charge in [-0.15, -0.1) is 0 Å². The van der Waals surface area contributed by atoms with Crippen molar-refractivity contribution in [3.05, 3.63) is 107 Å². The third-order valence-electron chi connectivity index (χ3n) is 20.0. The Morgan fingerprint density at radius 3 is 0.578 bits per heavy atom. The molecule has 109 heavy (non-hydrogen) atoms. The van der Waals surface area contributed by atoms with Crippen LogP contribution in [0.2, 0.25) is 0 Å². The van der Waals surface area contributed by atoms with Crippen LogP contribution in [0.15, 0.2) is 94.8 Å². The smallest absolute Gasteiger partial charge is 0.744 e. The molecule has 0 unspecified atom stereocenters. The summed E-state index contributed by atoms with van der Waals surface area (Å²) in [4.78, 5) is 50.4. The summed E-state index contributed by atoms with van der Waals surface area (Å²) in [5.41, 5.74) is -0.708. The molecule has 0 atom stereocenters. The van der Waals surface area contributed by atoms with Gasteiger partial charge in [0.2, 0.25) is 0 Å². The quantitative estimate of drug-likeness (QED) is 0.0150. The Labute approximate surface area is 696 Å². The zero-order valence-corrected chi connectivity index (χ0v) is 73.4. The van der Waals surface area contributed by atoms with Crippen LogP contribution >= 0.6 is 0 Å². The van der Waals surface area contributed by atoms with Crippen molar-refractivity contribution in [3.8, 4) is 0 Å². The predicted octanol–water partition coefficient (Wildman–Crippen LogP) is 27.1. The molecule has 0 aromatic heterocycles. The van der Waals surface area contributed by atoms with Crippen molar-refractivity contribution in [2.45, 2.75) is 423 Å². The van der Waals surface area contributed by atoms with E-state index < -0.39 is 53.9 Å². The molecule has 2 aromatic carbocycles. The Bertz CT molecular complexity index is 2670. The number of allylic oxidation sites excluding steroid dienone is 8. The first-order valence-corrected chi connectivity index (χ1v) is 46.9. The number of carbonyl (C=O) groups excluding carboxylic acids is 4. The third-order valence-corrected chi connectivity index (χ3v) is 21.7. The number of hydrogen-bond acceptors (Lipinski definition) is 14. The molecule has 0 spiro atoms. The molecule has 0 bridgehead atoms. The number of rotatable bonds is 74. The number of carbonyl (C=O) groups is 4. The van der Waals surface area contributed by atoms with Gasteiger partial charge in [0.15, 0.2) is 0 Å². The summed E-state index contributed by atoms with van der Waals surface area (Å²) >= 11 is 0. The van der Waals surface area contributed by atoms with E-state index in [0.717, 1.165) is 165 Å². The van der Waals surface area contributed by atoms with Gasteiger partial charge in [-0.2, -0.15) is 0 Å². The second-order valence-electron chi connectivity index (χ2n) is 30.0. The normalized spacial score (nSPS) is 11.8. The zero-order valence-electron chi connectivity index (χ0n) is 69.6. The SMILES string of the molecule is CCCCCCCCCC/C=C/CCCCCCCOC(=O)c1ccc(S(=O)(=O)[O-])cc1C(=O)OCCCCCCC/C=C/CCCCCCCCCC.CCCCCCCCCC/C=C/CCCCCCCOC(=O)c1ccc(S(=O)(=O)[O-])cc1C(=O)OCCCCCCC/C=C/CCCCCCCCCC.[Ca+2]. The van der Waals surface area contributed by atoms with E-state index in [4.69, 9.17) is 18.9 Å². The van der Waals surface area contributed by atoms with Gasteiger partial charge in [0, 0.05) is 0 Å². The molecule has 0 aliphatic rings. The maximum atomic E-state index is 12.9. The van der Waals surface area contributed by atoms with Gasteiger partial charge in [-0.05, 0) is 165 Å². The Kier molecular flexibility index (Phi) is 74.4. The first-order valence-electron chi connectivity index (χ1n) is 44.1. The van der Waals surface area contributed by atoms with Crippen molar-refractivity contribution in [1.29, 1.82) is 0 Å². The molecular formula is C92H154CaO14S2. The average Bonchev–Trinajstić information content (AvgIpc) is 0.815. The van der Waals surface area contributed by atoms with Crippen LogP contribution in [-0.2, 0) is 39.2 Å². The van der Waals surface area contributed by atoms with E-state index in [1.54, 1.807) is 0 Å². The standard InChI is InChI=1S/2C46H78O7S.Ca/c2*1-3-5-7-9-11-13-15-17-19-21-23-25-27-29-31-33-35-39-52-45(47)43-38-37-42(54(49,50)51)41-44(43)46(48)53-40-36-34-32-30-28-26-24-22-20-18-16-14-12-10-8-6-4-2;/h2*21-24,37-38,41H,3-20,25-36,39-40H2,1-2H3,(H,49,50,51);/q;;+2/p-2/b2*23-21+,24-22+;. The molecule has 0 N–H and O–H groups in total. The molecule has 17 heteroatoms. The molecule has 0 saturated carbocycles. The summed E-state index contributed by atoms with van der Waals surface area (Å²) in [6, 6.07) is 6.24. The van der Waals surface area contributed by atoms with E-state index in [2.05, 4.69) is 76.3 Å². The largest absolute Gasteiger partial charge is 2.00 e. The van der Waals surface area contributed by atoms with Crippen molar-refractivity contribution < 1.29 is 64.1 Å². The minimum absolute atomic E-state index is 0. The van der Waals surface area contributed by atoms with Gasteiger partial charge in [-0.3, -0.25) is 0 Å². The Morgan fingerprint density at radius 1 is 0.248 bits per heavy atom. The first kappa shape index (κ1) is 105. The summed E-state index contributed by atoms with van der Waals surface area (Å²) in [5, 5.41) is 0. The van der Waals surface area contributed by atoms with Gasteiger partial charge in [-0.1, -0.05) is 333 Å². The maximum Gasteiger partial charge on any atom is 2.00 e. The molecule has 0 aliphatic carbocycles. The van der Waals surface area contributed by atoms with Crippen molar-refractivity contribution in [3.63, 3.8) is 0 Å². The number of hydrogen-bond donors (Lipinski definition) is 0. The Morgan fingerprint density at radius 2 is 0.404 bits per heavy atom. The number of unbranched alkanes of at least 4 members (excludes halogenated alkanes) is 52.